The maximum Gasteiger partial charge on any atom is 0.481 e. The Morgan fingerprint density at radius 2 is 1.84 bits per heavy atom. The molecule has 19 heteroatoms. The van der Waals surface area contributed by atoms with Crippen LogP contribution in [0, 0.1) is 0 Å². The van der Waals surface area contributed by atoms with Gasteiger partial charge >= 0.3 is 21.3 Å². The Morgan fingerprint density at radius 3 is 2.42 bits per heavy atom. The third-order valence-electron chi connectivity index (χ3n) is 3.71. The third-order valence-corrected chi connectivity index (χ3v) is 6.31. The Kier molecular flexibility index (Phi) is 10.9. The van der Waals surface area contributed by atoms with Crippen molar-refractivity contribution in [1.82, 2.24) is 9.55 Å². The first kappa shape index (κ1) is 28.8. The predicted octanol–water partition coefficient (Wildman–Crippen LogP) is -3.33. The Balaban J connectivity index is 0.00000480. The smallest absolute Gasteiger partial charge is 0.394 e. The number of ether oxygens (including phenoxy) is 1. The number of nitrogen functional groups attached to an aromatic ring is 1. The van der Waals surface area contributed by atoms with Crippen LogP contribution in [0.1, 0.15) is 6.23 Å². The molecule has 7 atom stereocenters. The Morgan fingerprint density at radius 1 is 1.23 bits per heavy atom. The van der Waals surface area contributed by atoms with Crippen LogP contribution in [0.15, 0.2) is 17.1 Å². The minimum absolute atomic E-state index is 0. The fourth-order valence-electron chi connectivity index (χ4n) is 2.29. The van der Waals surface area contributed by atoms with Gasteiger partial charge in [-0.2, -0.15) is 9.29 Å². The summed E-state index contributed by atoms with van der Waals surface area (Å²) in [6.45, 7) is -2.59. The molecule has 173 valence electrons. The number of aromatic nitrogens is 2. The molecule has 2 heterocycles. The number of aliphatic hydroxyl groups excluding tert-OH is 4. The number of nitrogens with two attached hydrogens (primary N) is 1. The molecule has 0 aromatic carbocycles. The fourth-order valence-corrected chi connectivity index (χ4v) is 4.41. The van der Waals surface area contributed by atoms with Crippen LogP contribution in [0.3, 0.4) is 0 Å². The molecule has 1 saturated heterocycles. The largest absolute Gasteiger partial charge is 0.481 e. The van der Waals surface area contributed by atoms with E-state index in [2.05, 4.69) is 18.3 Å². The van der Waals surface area contributed by atoms with E-state index in [1.165, 1.54) is 6.07 Å². The summed E-state index contributed by atoms with van der Waals surface area (Å²) in [4.78, 5) is 34.2. The molecular formula is C12H21N3NaO13P2. The molecule has 0 bridgehead atoms. The van der Waals surface area contributed by atoms with Crippen molar-refractivity contribution in [3.05, 3.63) is 22.7 Å². The molecule has 0 aliphatic carbocycles. The van der Waals surface area contributed by atoms with Crippen LogP contribution in [-0.4, -0.2) is 114 Å². The molecule has 0 saturated carbocycles. The van der Waals surface area contributed by atoms with Crippen LogP contribution in [0.2, 0.25) is 0 Å². The molecule has 2 rings (SSSR count). The summed E-state index contributed by atoms with van der Waals surface area (Å²) in [5, 5.41) is 37.7. The van der Waals surface area contributed by atoms with E-state index >= 15 is 0 Å². The Hall–Kier alpha value is -0.260. The number of hydrogen-bond donors (Lipinski definition) is 7. The summed E-state index contributed by atoms with van der Waals surface area (Å²) in [6.07, 6.45) is -6.62. The summed E-state index contributed by atoms with van der Waals surface area (Å²) in [6, 6.07) is 1.23. The van der Waals surface area contributed by atoms with Crippen molar-refractivity contribution in [3.63, 3.8) is 0 Å². The average molecular weight is 500 g/mol. The van der Waals surface area contributed by atoms with Gasteiger partial charge in [0.2, 0.25) is 0 Å². The zero-order valence-electron chi connectivity index (χ0n) is 16.1. The van der Waals surface area contributed by atoms with Gasteiger partial charge in [-0.05, 0) is 6.07 Å². The third kappa shape index (κ3) is 8.23. The number of phosphoric acid groups is 2. The van der Waals surface area contributed by atoms with E-state index in [9.17, 15) is 33.9 Å². The SMILES string of the molecule is Nc1ccn(C2OC(COP(=O)(O)OP(=O)(O)OCC(O)CO)C(O)C2O)c(=O)n1.[Na]. The molecule has 7 unspecified atom stereocenters. The number of hydrogen-bond acceptors (Lipinski definition) is 13. The second kappa shape index (κ2) is 11.7. The summed E-state index contributed by atoms with van der Waals surface area (Å²) < 4.78 is 42.2. The van der Waals surface area contributed by atoms with Gasteiger partial charge < -0.3 is 40.7 Å². The standard InChI is InChI=1S/C12H21N3O13P2.Na/c13-8-1-2-15(12(20)14-8)11-10(19)9(18)7(27-11)5-26-30(23,24)28-29(21,22)25-4-6(17)3-16;/h1-2,6-7,9-11,16-19H,3-5H2,(H,21,22)(H,23,24)(H2,13,14,20);. The minimum atomic E-state index is -5.24. The Labute approximate surface area is 196 Å². The van der Waals surface area contributed by atoms with E-state index in [1.807, 2.05) is 0 Å². The van der Waals surface area contributed by atoms with Crippen molar-refractivity contribution < 1.29 is 57.4 Å². The molecular weight excluding hydrogens is 479 g/mol. The van der Waals surface area contributed by atoms with E-state index in [4.69, 9.17) is 20.7 Å². The van der Waals surface area contributed by atoms with Gasteiger partial charge in [0.1, 0.15) is 30.2 Å². The molecule has 0 amide bonds. The molecule has 0 spiro atoms. The fraction of sp³-hybridized carbons (Fsp3) is 0.667. The average Bonchev–Trinajstić information content (AvgIpc) is 2.92. The molecule has 16 nitrogen and oxygen atoms in total. The van der Waals surface area contributed by atoms with E-state index < -0.39 is 71.8 Å². The monoisotopic (exact) mass is 500 g/mol. The summed E-state index contributed by atoms with van der Waals surface area (Å²) in [5.41, 5.74) is 4.46. The van der Waals surface area contributed by atoms with Crippen LogP contribution in [0.5, 0.6) is 0 Å². The van der Waals surface area contributed by atoms with Crippen LogP contribution >= 0.6 is 15.6 Å². The maximum atomic E-state index is 11.8. The molecule has 8 N–H and O–H groups in total. The second-order valence-corrected chi connectivity index (χ2v) is 9.08. The van der Waals surface area contributed by atoms with Crippen molar-refractivity contribution in [3.8, 4) is 0 Å². The number of phosphoric ester groups is 2. The molecule has 1 fully saturated rings. The minimum Gasteiger partial charge on any atom is -0.394 e. The molecule has 1 radical (unpaired) electrons. The first-order valence-corrected chi connectivity index (χ1v) is 11.2. The molecule has 1 aliphatic rings. The van der Waals surface area contributed by atoms with E-state index in [0.29, 0.717) is 0 Å². The van der Waals surface area contributed by atoms with Crippen molar-refractivity contribution in [1.29, 1.82) is 0 Å². The number of nitrogens with zero attached hydrogens (tertiary/aromatic N) is 2. The van der Waals surface area contributed by atoms with Gasteiger partial charge in [-0.3, -0.25) is 13.6 Å². The van der Waals surface area contributed by atoms with Crippen LogP contribution in [-0.2, 0) is 27.2 Å². The second-order valence-electron chi connectivity index (χ2n) is 6.04. The van der Waals surface area contributed by atoms with Gasteiger partial charge in [-0.1, -0.05) is 0 Å². The maximum absolute atomic E-state index is 11.8. The van der Waals surface area contributed by atoms with Gasteiger partial charge in [-0.25, -0.2) is 13.9 Å². The predicted molar refractivity (Wildman–Crippen MR) is 100 cm³/mol. The number of rotatable bonds is 10. The van der Waals surface area contributed by atoms with E-state index in [-0.39, 0.29) is 35.4 Å². The number of anilines is 1. The first-order valence-electron chi connectivity index (χ1n) is 8.16. The van der Waals surface area contributed by atoms with Gasteiger partial charge in [0.25, 0.3) is 0 Å². The molecule has 1 aliphatic heterocycles. The molecule has 1 aromatic rings. The quantitative estimate of drug-likeness (QED) is 0.122. The van der Waals surface area contributed by atoms with E-state index in [1.54, 1.807) is 0 Å². The summed E-state index contributed by atoms with van der Waals surface area (Å²) >= 11 is 0. The zero-order valence-corrected chi connectivity index (χ0v) is 19.9. The van der Waals surface area contributed by atoms with Crippen LogP contribution in [0.4, 0.5) is 5.82 Å². The van der Waals surface area contributed by atoms with E-state index in [0.717, 1.165) is 10.8 Å². The van der Waals surface area contributed by atoms with Gasteiger partial charge in [-0.15, -0.1) is 0 Å². The molecule has 1 aromatic heterocycles. The van der Waals surface area contributed by atoms with Crippen molar-refractivity contribution >= 4 is 51.0 Å². The topological polar surface area (TPSA) is 253 Å². The normalized spacial score (nSPS) is 28.3. The van der Waals surface area contributed by atoms with Gasteiger partial charge in [0.05, 0.1) is 19.8 Å². The zero-order chi connectivity index (χ0) is 22.7. The van der Waals surface area contributed by atoms with Crippen molar-refractivity contribution in [2.75, 3.05) is 25.6 Å². The van der Waals surface area contributed by atoms with Gasteiger partial charge in [0, 0.05) is 35.8 Å². The van der Waals surface area contributed by atoms with Crippen molar-refractivity contribution in [2.24, 2.45) is 0 Å². The van der Waals surface area contributed by atoms with Gasteiger partial charge in [0.15, 0.2) is 6.23 Å². The van der Waals surface area contributed by atoms with Crippen LogP contribution in [0.25, 0.3) is 0 Å². The number of aliphatic hydroxyl groups is 4. The van der Waals surface area contributed by atoms with Crippen LogP contribution < -0.4 is 11.4 Å². The Bertz CT molecular complexity index is 888. The molecule has 31 heavy (non-hydrogen) atoms. The summed E-state index contributed by atoms with van der Waals surface area (Å²) in [5.74, 6) is -0.0929. The summed E-state index contributed by atoms with van der Waals surface area (Å²) in [7, 11) is -10.4. The van der Waals surface area contributed by atoms with Crippen molar-refractivity contribution in [2.45, 2.75) is 30.6 Å². The first-order chi connectivity index (χ1) is 13.8.